The van der Waals surface area contributed by atoms with E-state index in [9.17, 15) is 0 Å². The number of unbranched alkanes of at least 4 members (excludes halogenated alkanes) is 2. The summed E-state index contributed by atoms with van der Waals surface area (Å²) < 4.78 is 1.00. The average molecular weight is 273 g/mol. The van der Waals surface area contributed by atoms with Gasteiger partial charge in [-0.3, -0.25) is 0 Å². The predicted octanol–water partition coefficient (Wildman–Crippen LogP) is 2.73. The first-order valence-corrected chi connectivity index (χ1v) is 6.00. The Balaban J connectivity index is 2.31. The number of aromatic nitrogens is 1. The third-order valence-corrected chi connectivity index (χ3v) is 2.71. The summed E-state index contributed by atoms with van der Waals surface area (Å²) in [5, 5.41) is 11.9. The lowest BCUT2D eigenvalue weighted by molar-refractivity contribution is 0.283. The van der Waals surface area contributed by atoms with Crippen LogP contribution in [0.15, 0.2) is 16.7 Å². The van der Waals surface area contributed by atoms with Gasteiger partial charge in [0, 0.05) is 19.3 Å². The van der Waals surface area contributed by atoms with E-state index in [4.69, 9.17) is 5.11 Å². The van der Waals surface area contributed by atoms with E-state index in [1.54, 1.807) is 0 Å². The van der Waals surface area contributed by atoms with Gasteiger partial charge in [-0.2, -0.15) is 0 Å². The van der Waals surface area contributed by atoms with Crippen molar-refractivity contribution in [2.45, 2.75) is 26.2 Å². The second-order valence-corrected chi connectivity index (χ2v) is 4.41. The summed E-state index contributed by atoms with van der Waals surface area (Å²) in [5.41, 5.74) is 1.15. The Morgan fingerprint density at radius 1 is 1.40 bits per heavy atom. The fourth-order valence-electron chi connectivity index (χ4n) is 1.28. The van der Waals surface area contributed by atoms with E-state index in [0.717, 1.165) is 41.7 Å². The Kier molecular flexibility index (Phi) is 5.65. The molecule has 1 rings (SSSR count). The molecule has 0 aliphatic carbocycles. The number of nitrogens with zero attached hydrogens (tertiary/aromatic N) is 1. The molecule has 0 saturated heterocycles. The van der Waals surface area contributed by atoms with Crippen molar-refractivity contribution in [3.8, 4) is 0 Å². The first kappa shape index (κ1) is 12.5. The summed E-state index contributed by atoms with van der Waals surface area (Å²) in [6.07, 6.45) is 4.83. The number of hydrogen-bond acceptors (Lipinski definition) is 3. The third-order valence-electron chi connectivity index (χ3n) is 2.11. The molecule has 84 valence electrons. The minimum Gasteiger partial charge on any atom is -0.396 e. The van der Waals surface area contributed by atoms with E-state index < -0.39 is 0 Å². The summed E-state index contributed by atoms with van der Waals surface area (Å²) in [6, 6.07) is 2.04. The van der Waals surface area contributed by atoms with Crippen molar-refractivity contribution in [3.05, 3.63) is 22.3 Å². The molecule has 4 heteroatoms. The molecule has 0 aromatic carbocycles. The molecule has 1 heterocycles. The molecule has 3 nitrogen and oxygen atoms in total. The van der Waals surface area contributed by atoms with Crippen LogP contribution in [0.1, 0.15) is 24.8 Å². The molecule has 0 aliphatic rings. The van der Waals surface area contributed by atoms with Crippen LogP contribution in [0.25, 0.3) is 0 Å². The van der Waals surface area contributed by atoms with Gasteiger partial charge in [0.25, 0.3) is 0 Å². The minimum atomic E-state index is 0.284. The number of aryl methyl sites for hydroxylation is 1. The largest absolute Gasteiger partial charge is 0.396 e. The standard InChI is InChI=1S/C11H17BrN2O/c1-9-7-10(12)11(14-8-9)13-5-3-2-4-6-15/h7-8,15H,2-6H2,1H3,(H,13,14). The van der Waals surface area contributed by atoms with Gasteiger partial charge in [-0.25, -0.2) is 4.98 Å². The highest BCUT2D eigenvalue weighted by Gasteiger charge is 1.99. The lowest BCUT2D eigenvalue weighted by atomic mass is 10.2. The maximum absolute atomic E-state index is 8.62. The zero-order valence-corrected chi connectivity index (χ0v) is 10.5. The Morgan fingerprint density at radius 2 is 2.20 bits per heavy atom. The second-order valence-electron chi connectivity index (χ2n) is 3.55. The lowest BCUT2D eigenvalue weighted by Gasteiger charge is -2.07. The summed E-state index contributed by atoms with van der Waals surface area (Å²) >= 11 is 3.46. The summed E-state index contributed by atoms with van der Waals surface area (Å²) in [7, 11) is 0. The molecule has 0 radical (unpaired) electrons. The lowest BCUT2D eigenvalue weighted by Crippen LogP contribution is -2.04. The van der Waals surface area contributed by atoms with Crippen LogP contribution in [0.3, 0.4) is 0 Å². The van der Waals surface area contributed by atoms with Crippen LogP contribution in [0, 0.1) is 6.92 Å². The smallest absolute Gasteiger partial charge is 0.140 e. The number of hydrogen-bond donors (Lipinski definition) is 2. The zero-order valence-electron chi connectivity index (χ0n) is 8.96. The van der Waals surface area contributed by atoms with Crippen LogP contribution in [-0.2, 0) is 0 Å². The number of halogens is 1. The fourth-order valence-corrected chi connectivity index (χ4v) is 1.89. The maximum Gasteiger partial charge on any atom is 0.140 e. The van der Waals surface area contributed by atoms with Gasteiger partial charge in [0.05, 0.1) is 4.47 Å². The zero-order chi connectivity index (χ0) is 11.1. The van der Waals surface area contributed by atoms with Crippen LogP contribution in [0.5, 0.6) is 0 Å². The Labute approximate surface area is 99.1 Å². The van der Waals surface area contributed by atoms with Gasteiger partial charge >= 0.3 is 0 Å². The number of aliphatic hydroxyl groups excluding tert-OH is 1. The molecule has 0 aliphatic heterocycles. The molecule has 15 heavy (non-hydrogen) atoms. The van der Waals surface area contributed by atoms with Gasteiger partial charge in [0.15, 0.2) is 0 Å². The second kappa shape index (κ2) is 6.80. The van der Waals surface area contributed by atoms with Crippen molar-refractivity contribution in [2.24, 2.45) is 0 Å². The van der Waals surface area contributed by atoms with E-state index in [-0.39, 0.29) is 6.61 Å². The molecule has 0 unspecified atom stereocenters. The van der Waals surface area contributed by atoms with Gasteiger partial charge in [-0.05, 0) is 53.7 Å². The minimum absolute atomic E-state index is 0.284. The van der Waals surface area contributed by atoms with Gasteiger partial charge in [-0.15, -0.1) is 0 Å². The first-order chi connectivity index (χ1) is 7.24. The van der Waals surface area contributed by atoms with Crippen LogP contribution < -0.4 is 5.32 Å². The van der Waals surface area contributed by atoms with Gasteiger partial charge in [-0.1, -0.05) is 0 Å². The molecule has 0 fully saturated rings. The van der Waals surface area contributed by atoms with Gasteiger partial charge < -0.3 is 10.4 Å². The van der Waals surface area contributed by atoms with Gasteiger partial charge in [0.1, 0.15) is 5.82 Å². The quantitative estimate of drug-likeness (QED) is 0.783. The van der Waals surface area contributed by atoms with E-state index in [2.05, 4.69) is 26.2 Å². The SMILES string of the molecule is Cc1cnc(NCCCCCO)c(Br)c1. The topological polar surface area (TPSA) is 45.2 Å². The Morgan fingerprint density at radius 3 is 2.87 bits per heavy atom. The molecular formula is C11H17BrN2O. The molecule has 0 atom stereocenters. The average Bonchev–Trinajstić information content (AvgIpc) is 2.20. The summed E-state index contributed by atoms with van der Waals surface area (Å²) in [6.45, 7) is 3.20. The number of aliphatic hydroxyl groups is 1. The van der Waals surface area contributed by atoms with E-state index >= 15 is 0 Å². The molecule has 1 aromatic heterocycles. The molecule has 1 aromatic rings. The van der Waals surface area contributed by atoms with E-state index in [0.29, 0.717) is 0 Å². The molecule has 0 amide bonds. The van der Waals surface area contributed by atoms with Crippen LogP contribution in [0.2, 0.25) is 0 Å². The van der Waals surface area contributed by atoms with Crippen LogP contribution in [0.4, 0.5) is 5.82 Å². The monoisotopic (exact) mass is 272 g/mol. The maximum atomic E-state index is 8.62. The van der Waals surface area contributed by atoms with Crippen molar-refractivity contribution >= 4 is 21.7 Å². The van der Waals surface area contributed by atoms with Crippen molar-refractivity contribution in [3.63, 3.8) is 0 Å². The van der Waals surface area contributed by atoms with Crippen LogP contribution in [-0.4, -0.2) is 23.2 Å². The highest BCUT2D eigenvalue weighted by atomic mass is 79.9. The van der Waals surface area contributed by atoms with Crippen molar-refractivity contribution in [1.82, 2.24) is 4.98 Å². The highest BCUT2D eigenvalue weighted by molar-refractivity contribution is 9.10. The number of anilines is 1. The van der Waals surface area contributed by atoms with E-state index in [1.165, 1.54) is 0 Å². The molecular weight excluding hydrogens is 256 g/mol. The molecule has 0 saturated carbocycles. The fraction of sp³-hybridized carbons (Fsp3) is 0.545. The summed E-state index contributed by atoms with van der Waals surface area (Å²) in [4.78, 5) is 4.29. The predicted molar refractivity (Wildman–Crippen MR) is 66.1 cm³/mol. The molecule has 0 spiro atoms. The van der Waals surface area contributed by atoms with Crippen molar-refractivity contribution in [2.75, 3.05) is 18.5 Å². The van der Waals surface area contributed by atoms with E-state index in [1.807, 2.05) is 19.2 Å². The molecule has 2 N–H and O–H groups in total. The summed E-state index contributed by atoms with van der Waals surface area (Å²) in [5.74, 6) is 0.893. The van der Waals surface area contributed by atoms with Gasteiger partial charge in [0.2, 0.25) is 0 Å². The van der Waals surface area contributed by atoms with Crippen molar-refractivity contribution in [1.29, 1.82) is 0 Å². The molecule has 0 bridgehead atoms. The number of nitrogens with one attached hydrogen (secondary N) is 1. The highest BCUT2D eigenvalue weighted by Crippen LogP contribution is 2.20. The first-order valence-electron chi connectivity index (χ1n) is 5.21. The Bertz CT molecular complexity index is 305. The van der Waals surface area contributed by atoms with Crippen LogP contribution >= 0.6 is 15.9 Å². The number of pyridine rings is 1. The number of rotatable bonds is 6. The third kappa shape index (κ3) is 4.62. The normalized spacial score (nSPS) is 10.3. The van der Waals surface area contributed by atoms with Crippen molar-refractivity contribution < 1.29 is 5.11 Å². The Hall–Kier alpha value is -0.610.